The van der Waals surface area contributed by atoms with Gasteiger partial charge in [0, 0.05) is 11.6 Å². The molecule has 0 atom stereocenters. The lowest BCUT2D eigenvalue weighted by atomic mass is 10.1. The SMILES string of the molecule is CCOC(=O)C(=O)c1ccc(C=CC#N)cc1. The van der Waals surface area contributed by atoms with Crippen molar-refractivity contribution >= 4 is 17.8 Å². The minimum absolute atomic E-state index is 0.174. The molecule has 0 radical (unpaired) electrons. The smallest absolute Gasteiger partial charge is 0.379 e. The van der Waals surface area contributed by atoms with Crippen molar-refractivity contribution < 1.29 is 14.3 Å². The van der Waals surface area contributed by atoms with Crippen LogP contribution in [0.1, 0.15) is 22.8 Å². The van der Waals surface area contributed by atoms with Gasteiger partial charge in [0.25, 0.3) is 5.78 Å². The molecule has 1 rings (SSSR count). The number of hydrogen-bond donors (Lipinski definition) is 0. The van der Waals surface area contributed by atoms with E-state index in [0.717, 1.165) is 5.56 Å². The first kappa shape index (κ1) is 12.7. The Morgan fingerprint density at radius 2 is 2.00 bits per heavy atom. The Morgan fingerprint density at radius 3 is 2.53 bits per heavy atom. The highest BCUT2D eigenvalue weighted by molar-refractivity contribution is 6.40. The highest BCUT2D eigenvalue weighted by atomic mass is 16.5. The van der Waals surface area contributed by atoms with Crippen LogP contribution in [-0.4, -0.2) is 18.4 Å². The van der Waals surface area contributed by atoms with E-state index in [-0.39, 0.29) is 12.2 Å². The highest BCUT2D eigenvalue weighted by Crippen LogP contribution is 2.07. The third-order valence-corrected chi connectivity index (χ3v) is 1.98. The van der Waals surface area contributed by atoms with E-state index in [4.69, 9.17) is 5.26 Å². The van der Waals surface area contributed by atoms with Crippen LogP contribution in [0.5, 0.6) is 0 Å². The molecular weight excluding hydrogens is 218 g/mol. The summed E-state index contributed by atoms with van der Waals surface area (Å²) in [5.41, 5.74) is 1.06. The van der Waals surface area contributed by atoms with Gasteiger partial charge < -0.3 is 4.74 Å². The van der Waals surface area contributed by atoms with E-state index in [1.165, 1.54) is 18.2 Å². The molecule has 17 heavy (non-hydrogen) atoms. The maximum Gasteiger partial charge on any atom is 0.379 e. The van der Waals surface area contributed by atoms with Gasteiger partial charge in [-0.3, -0.25) is 4.79 Å². The number of rotatable bonds is 4. The number of carbonyl (C=O) groups excluding carboxylic acids is 2. The van der Waals surface area contributed by atoms with Gasteiger partial charge in [-0.2, -0.15) is 5.26 Å². The lowest BCUT2D eigenvalue weighted by Crippen LogP contribution is -2.17. The number of nitrogens with zero attached hydrogens (tertiary/aromatic N) is 1. The van der Waals surface area contributed by atoms with Crippen molar-refractivity contribution in [2.24, 2.45) is 0 Å². The lowest BCUT2D eigenvalue weighted by Gasteiger charge is -2.01. The summed E-state index contributed by atoms with van der Waals surface area (Å²) in [6.45, 7) is 1.81. The average Bonchev–Trinajstić information content (AvgIpc) is 2.36. The molecule has 0 saturated heterocycles. The number of Topliss-reactive ketones (excluding diaryl/α,β-unsaturated/α-hetero) is 1. The molecule has 0 fully saturated rings. The van der Waals surface area contributed by atoms with E-state index >= 15 is 0 Å². The third kappa shape index (κ3) is 3.58. The molecular formula is C13H11NO3. The van der Waals surface area contributed by atoms with Gasteiger partial charge in [-0.25, -0.2) is 4.79 Å². The predicted molar refractivity (Wildman–Crippen MR) is 62.1 cm³/mol. The molecule has 0 amide bonds. The van der Waals surface area contributed by atoms with Crippen molar-refractivity contribution in [3.63, 3.8) is 0 Å². The van der Waals surface area contributed by atoms with Crippen LogP contribution in [-0.2, 0) is 9.53 Å². The minimum Gasteiger partial charge on any atom is -0.460 e. The molecule has 1 aromatic carbocycles. The normalized spacial score (nSPS) is 9.88. The fraction of sp³-hybridized carbons (Fsp3) is 0.154. The second-order valence-corrected chi connectivity index (χ2v) is 3.13. The van der Waals surface area contributed by atoms with Crippen LogP contribution in [0.2, 0.25) is 0 Å². The Kier molecular flexibility index (Phi) is 4.64. The summed E-state index contributed by atoms with van der Waals surface area (Å²) < 4.78 is 4.61. The van der Waals surface area contributed by atoms with E-state index in [0.29, 0.717) is 0 Å². The Bertz CT molecular complexity index is 480. The molecule has 86 valence electrons. The largest absolute Gasteiger partial charge is 0.460 e. The fourth-order valence-electron chi connectivity index (χ4n) is 1.19. The molecule has 0 saturated carbocycles. The maximum atomic E-state index is 11.5. The summed E-state index contributed by atoms with van der Waals surface area (Å²) in [5.74, 6) is -1.52. The van der Waals surface area contributed by atoms with Crippen molar-refractivity contribution in [3.05, 3.63) is 41.5 Å². The van der Waals surface area contributed by atoms with E-state index in [1.54, 1.807) is 25.1 Å². The van der Waals surface area contributed by atoms with E-state index in [2.05, 4.69) is 4.74 Å². The van der Waals surface area contributed by atoms with Gasteiger partial charge in [0.05, 0.1) is 12.7 Å². The summed E-state index contributed by atoms with van der Waals surface area (Å²) in [5, 5.41) is 8.35. The van der Waals surface area contributed by atoms with E-state index in [1.807, 2.05) is 6.07 Å². The maximum absolute atomic E-state index is 11.5. The van der Waals surface area contributed by atoms with Crippen molar-refractivity contribution in [2.75, 3.05) is 6.61 Å². The molecule has 0 aromatic heterocycles. The Hall–Kier alpha value is -2.41. The number of ketones is 1. The van der Waals surface area contributed by atoms with Gasteiger partial charge in [-0.15, -0.1) is 0 Å². The van der Waals surface area contributed by atoms with Crippen LogP contribution in [0.25, 0.3) is 6.08 Å². The number of nitriles is 1. The second kappa shape index (κ2) is 6.23. The van der Waals surface area contributed by atoms with Gasteiger partial charge in [-0.05, 0) is 18.6 Å². The first-order valence-electron chi connectivity index (χ1n) is 5.06. The molecule has 0 spiro atoms. The first-order chi connectivity index (χ1) is 8.19. The molecule has 0 aliphatic heterocycles. The van der Waals surface area contributed by atoms with Crippen LogP contribution in [0.15, 0.2) is 30.3 Å². The van der Waals surface area contributed by atoms with Crippen molar-refractivity contribution in [2.45, 2.75) is 6.92 Å². The fourth-order valence-corrected chi connectivity index (χ4v) is 1.19. The van der Waals surface area contributed by atoms with Crippen molar-refractivity contribution in [1.82, 2.24) is 0 Å². The number of esters is 1. The number of ether oxygens (including phenoxy) is 1. The van der Waals surface area contributed by atoms with Gasteiger partial charge in [0.1, 0.15) is 0 Å². The molecule has 0 bridgehead atoms. The Balaban J connectivity index is 2.81. The summed E-state index contributed by atoms with van der Waals surface area (Å²) in [6, 6.07) is 8.22. The minimum atomic E-state index is -0.854. The van der Waals surface area contributed by atoms with Crippen LogP contribution in [0.3, 0.4) is 0 Å². The topological polar surface area (TPSA) is 67.2 Å². The summed E-state index contributed by atoms with van der Waals surface area (Å²) in [7, 11) is 0. The number of benzene rings is 1. The van der Waals surface area contributed by atoms with Crippen LogP contribution < -0.4 is 0 Å². The average molecular weight is 229 g/mol. The van der Waals surface area contributed by atoms with Crippen LogP contribution in [0, 0.1) is 11.3 Å². The number of allylic oxidation sites excluding steroid dienone is 1. The molecule has 0 aliphatic rings. The number of hydrogen-bond acceptors (Lipinski definition) is 4. The first-order valence-corrected chi connectivity index (χ1v) is 5.06. The Labute approximate surface area is 99.1 Å². The van der Waals surface area contributed by atoms with Crippen LogP contribution in [0.4, 0.5) is 0 Å². The molecule has 0 N–H and O–H groups in total. The summed E-state index contributed by atoms with van der Waals surface area (Å²) in [6.07, 6.45) is 2.95. The summed E-state index contributed by atoms with van der Waals surface area (Å²) >= 11 is 0. The molecule has 0 heterocycles. The van der Waals surface area contributed by atoms with Gasteiger partial charge in [0.15, 0.2) is 0 Å². The molecule has 0 unspecified atom stereocenters. The van der Waals surface area contributed by atoms with E-state index in [9.17, 15) is 9.59 Å². The molecule has 4 nitrogen and oxygen atoms in total. The Morgan fingerprint density at radius 1 is 1.35 bits per heavy atom. The van der Waals surface area contributed by atoms with Gasteiger partial charge >= 0.3 is 5.97 Å². The number of carbonyl (C=O) groups is 2. The lowest BCUT2D eigenvalue weighted by molar-refractivity contribution is -0.137. The zero-order chi connectivity index (χ0) is 12.7. The standard InChI is InChI=1S/C13H11NO3/c1-2-17-13(16)12(15)11-7-5-10(6-8-11)4-3-9-14/h3-8H,2H2,1H3. The molecule has 0 aliphatic carbocycles. The van der Waals surface area contributed by atoms with Crippen molar-refractivity contribution in [1.29, 1.82) is 5.26 Å². The third-order valence-electron chi connectivity index (χ3n) is 1.98. The van der Waals surface area contributed by atoms with E-state index < -0.39 is 11.8 Å². The van der Waals surface area contributed by atoms with Gasteiger partial charge in [0.2, 0.25) is 0 Å². The zero-order valence-corrected chi connectivity index (χ0v) is 9.34. The van der Waals surface area contributed by atoms with Crippen LogP contribution >= 0.6 is 0 Å². The zero-order valence-electron chi connectivity index (χ0n) is 9.34. The monoisotopic (exact) mass is 229 g/mol. The summed E-state index contributed by atoms with van der Waals surface area (Å²) in [4.78, 5) is 22.7. The highest BCUT2D eigenvalue weighted by Gasteiger charge is 2.16. The molecule has 4 heteroatoms. The predicted octanol–water partition coefficient (Wildman–Crippen LogP) is 1.97. The second-order valence-electron chi connectivity index (χ2n) is 3.13. The molecule has 1 aromatic rings. The van der Waals surface area contributed by atoms with Crippen molar-refractivity contribution in [3.8, 4) is 6.07 Å². The van der Waals surface area contributed by atoms with Gasteiger partial charge in [-0.1, -0.05) is 24.3 Å². The quantitative estimate of drug-likeness (QED) is 0.342.